The van der Waals surface area contributed by atoms with Crippen molar-refractivity contribution < 1.29 is 4.79 Å². The molecule has 98 valence electrons. The molecule has 0 atom stereocenters. The summed E-state index contributed by atoms with van der Waals surface area (Å²) in [4.78, 5) is 16.8. The zero-order valence-corrected chi connectivity index (χ0v) is 12.0. The van der Waals surface area contributed by atoms with Crippen molar-refractivity contribution in [2.24, 2.45) is 0 Å². The van der Waals surface area contributed by atoms with Gasteiger partial charge in [0.2, 0.25) is 0 Å². The van der Waals surface area contributed by atoms with Crippen molar-refractivity contribution >= 4 is 45.6 Å². The lowest BCUT2D eigenvalue weighted by Gasteiger charge is -2.00. The number of allylic oxidation sites excluding steroid dienone is 1. The first-order chi connectivity index (χ1) is 9.74. The normalized spacial score (nSPS) is 11.2. The molecule has 3 rings (SSSR count). The van der Waals surface area contributed by atoms with E-state index >= 15 is 0 Å². The maximum absolute atomic E-state index is 12.0. The monoisotopic (exact) mass is 299 g/mol. The van der Waals surface area contributed by atoms with Crippen LogP contribution < -0.4 is 0 Å². The van der Waals surface area contributed by atoms with E-state index in [-0.39, 0.29) is 5.78 Å². The van der Waals surface area contributed by atoms with Crippen molar-refractivity contribution in [2.75, 3.05) is 0 Å². The number of benzene rings is 1. The minimum atomic E-state index is -0.0464. The highest BCUT2D eigenvalue weighted by molar-refractivity contribution is 7.18. The van der Waals surface area contributed by atoms with Crippen LogP contribution in [0.3, 0.4) is 0 Å². The second-order valence-electron chi connectivity index (χ2n) is 4.25. The first kappa shape index (κ1) is 13.0. The highest BCUT2D eigenvalue weighted by atomic mass is 35.5. The summed E-state index contributed by atoms with van der Waals surface area (Å²) in [6.45, 7) is 0. The number of thiophene rings is 1. The van der Waals surface area contributed by atoms with Crippen molar-refractivity contribution in [3.05, 3.63) is 69.6 Å². The number of nitrogens with zero attached hydrogens (tertiary/aromatic N) is 1. The molecule has 0 fully saturated rings. The molecule has 3 aromatic rings. The molecule has 2 heterocycles. The van der Waals surface area contributed by atoms with Crippen LogP contribution in [-0.2, 0) is 0 Å². The number of halogens is 1. The lowest BCUT2D eigenvalue weighted by Crippen LogP contribution is -1.89. The van der Waals surface area contributed by atoms with Crippen LogP contribution >= 0.6 is 22.9 Å². The molecule has 0 spiro atoms. The van der Waals surface area contributed by atoms with Crippen molar-refractivity contribution in [1.29, 1.82) is 0 Å². The minimum Gasteiger partial charge on any atom is -0.288 e. The Balaban J connectivity index is 1.93. The van der Waals surface area contributed by atoms with Gasteiger partial charge in [0.15, 0.2) is 5.78 Å². The highest BCUT2D eigenvalue weighted by Crippen LogP contribution is 2.23. The molecular formula is C16H10ClNOS. The lowest BCUT2D eigenvalue weighted by molar-refractivity contribution is 0.105. The fourth-order valence-corrected chi connectivity index (χ4v) is 2.93. The Kier molecular flexibility index (Phi) is 3.63. The second kappa shape index (κ2) is 5.57. The van der Waals surface area contributed by atoms with Crippen molar-refractivity contribution in [3.8, 4) is 0 Å². The fraction of sp³-hybridized carbons (Fsp3) is 0. The van der Waals surface area contributed by atoms with Crippen LogP contribution in [-0.4, -0.2) is 10.8 Å². The molecule has 1 aromatic carbocycles. The Bertz CT molecular complexity index is 802. The molecule has 0 saturated carbocycles. The van der Waals surface area contributed by atoms with E-state index in [0.717, 1.165) is 16.3 Å². The third-order valence-corrected chi connectivity index (χ3v) is 4.18. The number of hydrogen-bond acceptors (Lipinski definition) is 3. The summed E-state index contributed by atoms with van der Waals surface area (Å²) in [5, 5.41) is 2.14. The maximum Gasteiger partial charge on any atom is 0.195 e. The SMILES string of the molecule is O=C(/C=C/c1cncc2ccccc12)c1ccc(Cl)s1. The van der Waals surface area contributed by atoms with Gasteiger partial charge in [-0.2, -0.15) is 0 Å². The minimum absolute atomic E-state index is 0.0464. The van der Waals surface area contributed by atoms with Gasteiger partial charge in [0.05, 0.1) is 9.21 Å². The third kappa shape index (κ3) is 2.64. The molecule has 0 unspecified atom stereocenters. The Morgan fingerprint density at radius 1 is 1.15 bits per heavy atom. The van der Waals surface area contributed by atoms with Gasteiger partial charge in [-0.1, -0.05) is 35.9 Å². The molecule has 2 aromatic heterocycles. The summed E-state index contributed by atoms with van der Waals surface area (Å²) < 4.78 is 0.619. The number of ketones is 1. The Hall–Kier alpha value is -1.97. The van der Waals surface area contributed by atoms with Gasteiger partial charge in [-0.3, -0.25) is 9.78 Å². The predicted molar refractivity (Wildman–Crippen MR) is 84.4 cm³/mol. The topological polar surface area (TPSA) is 30.0 Å². The number of rotatable bonds is 3. The Morgan fingerprint density at radius 2 is 2.00 bits per heavy atom. The predicted octanol–water partition coefficient (Wildman–Crippen LogP) is 4.85. The van der Waals surface area contributed by atoms with Gasteiger partial charge < -0.3 is 0 Å². The van der Waals surface area contributed by atoms with E-state index < -0.39 is 0 Å². The van der Waals surface area contributed by atoms with E-state index in [4.69, 9.17) is 11.6 Å². The second-order valence-corrected chi connectivity index (χ2v) is 5.97. The van der Waals surface area contributed by atoms with Crippen LogP contribution in [0.2, 0.25) is 4.34 Å². The number of hydrogen-bond donors (Lipinski definition) is 0. The summed E-state index contributed by atoms with van der Waals surface area (Å²) in [5.74, 6) is -0.0464. The maximum atomic E-state index is 12.0. The molecule has 0 N–H and O–H groups in total. The molecule has 0 aliphatic carbocycles. The molecule has 20 heavy (non-hydrogen) atoms. The summed E-state index contributed by atoms with van der Waals surface area (Å²) >= 11 is 7.12. The van der Waals surface area contributed by atoms with Crippen molar-refractivity contribution in [2.45, 2.75) is 0 Å². The average molecular weight is 300 g/mol. The van der Waals surface area contributed by atoms with E-state index in [1.165, 1.54) is 11.3 Å². The van der Waals surface area contributed by atoms with Crippen LogP contribution in [0.1, 0.15) is 15.2 Å². The molecule has 0 aliphatic rings. The number of carbonyl (C=O) groups is 1. The van der Waals surface area contributed by atoms with Gasteiger partial charge in [-0.15, -0.1) is 11.3 Å². The molecule has 0 radical (unpaired) electrons. The molecule has 0 saturated heterocycles. The smallest absolute Gasteiger partial charge is 0.195 e. The quantitative estimate of drug-likeness (QED) is 0.511. The number of pyridine rings is 1. The summed E-state index contributed by atoms with van der Waals surface area (Å²) in [7, 11) is 0. The Labute approximate surface area is 125 Å². The number of fused-ring (bicyclic) bond motifs is 1. The molecule has 2 nitrogen and oxygen atoms in total. The van der Waals surface area contributed by atoms with Gasteiger partial charge in [0.25, 0.3) is 0 Å². The summed E-state index contributed by atoms with van der Waals surface area (Å²) in [6, 6.07) is 11.4. The van der Waals surface area contributed by atoms with Gasteiger partial charge in [0, 0.05) is 23.3 Å². The first-order valence-corrected chi connectivity index (χ1v) is 7.24. The molecule has 0 aliphatic heterocycles. The van der Waals surface area contributed by atoms with Crippen LogP contribution in [0, 0.1) is 0 Å². The van der Waals surface area contributed by atoms with Crippen LogP contribution in [0.5, 0.6) is 0 Å². The summed E-state index contributed by atoms with van der Waals surface area (Å²) in [5.41, 5.74) is 0.930. The zero-order valence-electron chi connectivity index (χ0n) is 10.4. The standard InChI is InChI=1S/C16H10ClNOS/c17-16-8-7-15(20-16)14(19)6-5-12-10-18-9-11-3-1-2-4-13(11)12/h1-10H/b6-5+. The third-order valence-electron chi connectivity index (χ3n) is 2.93. The highest BCUT2D eigenvalue weighted by Gasteiger charge is 2.05. The van der Waals surface area contributed by atoms with Crippen molar-refractivity contribution in [1.82, 2.24) is 4.98 Å². The lowest BCUT2D eigenvalue weighted by atomic mass is 10.1. The summed E-state index contributed by atoms with van der Waals surface area (Å²) in [6.07, 6.45) is 6.93. The Morgan fingerprint density at radius 3 is 2.80 bits per heavy atom. The fourth-order valence-electron chi connectivity index (χ4n) is 1.97. The van der Waals surface area contributed by atoms with Gasteiger partial charge >= 0.3 is 0 Å². The number of carbonyl (C=O) groups excluding carboxylic acids is 1. The van der Waals surface area contributed by atoms with E-state index in [1.54, 1.807) is 30.5 Å². The van der Waals surface area contributed by atoms with Crippen LogP contribution in [0.15, 0.2) is 54.9 Å². The van der Waals surface area contributed by atoms with Crippen LogP contribution in [0.25, 0.3) is 16.8 Å². The first-order valence-electron chi connectivity index (χ1n) is 6.04. The molecule has 4 heteroatoms. The molecule has 0 amide bonds. The van der Waals surface area contributed by atoms with Gasteiger partial charge in [-0.25, -0.2) is 0 Å². The van der Waals surface area contributed by atoms with Crippen LogP contribution in [0.4, 0.5) is 0 Å². The molecule has 0 bridgehead atoms. The zero-order chi connectivity index (χ0) is 13.9. The van der Waals surface area contributed by atoms with Crippen molar-refractivity contribution in [3.63, 3.8) is 0 Å². The van der Waals surface area contributed by atoms with E-state index in [0.29, 0.717) is 9.21 Å². The number of aromatic nitrogens is 1. The van der Waals surface area contributed by atoms with Gasteiger partial charge in [0.1, 0.15) is 0 Å². The molecular weight excluding hydrogens is 290 g/mol. The van der Waals surface area contributed by atoms with E-state index in [2.05, 4.69) is 4.98 Å². The average Bonchev–Trinajstić information content (AvgIpc) is 2.91. The van der Waals surface area contributed by atoms with E-state index in [9.17, 15) is 4.79 Å². The largest absolute Gasteiger partial charge is 0.288 e. The van der Waals surface area contributed by atoms with Gasteiger partial charge in [-0.05, 0) is 29.7 Å². The van der Waals surface area contributed by atoms with E-state index in [1.807, 2.05) is 30.5 Å².